The summed E-state index contributed by atoms with van der Waals surface area (Å²) in [5, 5.41) is 11.9. The van der Waals surface area contributed by atoms with Crippen LogP contribution in [0.5, 0.6) is 0 Å². The molecule has 0 bridgehead atoms. The standard InChI is InChI=1S/C14H12N4O2S/c15-8-10-3-1-4-11(7-10)17-14-16-9-13-12(18-14)5-2-6-21(13,19)20/h1,3-4,7,9H,2,5-6H2,(H,16,17,18). The van der Waals surface area contributed by atoms with Crippen LogP contribution in [0.2, 0.25) is 0 Å². The van der Waals surface area contributed by atoms with Gasteiger partial charge in [-0.25, -0.2) is 18.4 Å². The molecule has 3 rings (SSSR count). The molecule has 0 spiro atoms. The Balaban J connectivity index is 1.93. The van der Waals surface area contributed by atoms with E-state index in [0.717, 1.165) is 0 Å². The van der Waals surface area contributed by atoms with Crippen molar-refractivity contribution in [1.82, 2.24) is 9.97 Å². The topological polar surface area (TPSA) is 95.7 Å². The Morgan fingerprint density at radius 2 is 2.19 bits per heavy atom. The van der Waals surface area contributed by atoms with Crippen molar-refractivity contribution in [2.45, 2.75) is 17.7 Å². The highest BCUT2D eigenvalue weighted by atomic mass is 32.2. The summed E-state index contributed by atoms with van der Waals surface area (Å²) in [7, 11) is -3.24. The third kappa shape index (κ3) is 2.71. The SMILES string of the molecule is N#Cc1cccc(Nc2ncc3c(n2)CCCS3(=O)=O)c1. The van der Waals surface area contributed by atoms with Gasteiger partial charge in [-0.3, -0.25) is 0 Å². The molecule has 0 saturated carbocycles. The molecular formula is C14H12N4O2S. The summed E-state index contributed by atoms with van der Waals surface area (Å²) in [6, 6.07) is 8.98. The zero-order valence-electron chi connectivity index (χ0n) is 11.1. The lowest BCUT2D eigenvalue weighted by Gasteiger charge is -2.15. The number of anilines is 2. The number of nitriles is 1. The molecule has 0 atom stereocenters. The van der Waals surface area contributed by atoms with Crippen molar-refractivity contribution in [3.63, 3.8) is 0 Å². The second-order valence-electron chi connectivity index (χ2n) is 4.74. The fraction of sp³-hybridized carbons (Fsp3) is 0.214. The fourth-order valence-corrected chi connectivity index (χ4v) is 3.70. The number of fused-ring (bicyclic) bond motifs is 1. The minimum Gasteiger partial charge on any atom is -0.324 e. The number of aryl methyl sites for hydroxylation is 1. The molecular weight excluding hydrogens is 288 g/mol. The number of aromatic nitrogens is 2. The first kappa shape index (κ1) is 13.5. The van der Waals surface area contributed by atoms with Gasteiger partial charge in [0.15, 0.2) is 9.84 Å². The van der Waals surface area contributed by atoms with E-state index in [4.69, 9.17) is 5.26 Å². The number of hydrogen-bond donors (Lipinski definition) is 1. The van der Waals surface area contributed by atoms with Gasteiger partial charge in [0.2, 0.25) is 5.95 Å². The normalized spacial score (nSPS) is 15.8. The minimum absolute atomic E-state index is 0.153. The monoisotopic (exact) mass is 300 g/mol. The number of benzene rings is 1. The highest BCUT2D eigenvalue weighted by molar-refractivity contribution is 7.91. The minimum atomic E-state index is -3.24. The van der Waals surface area contributed by atoms with Crippen LogP contribution in [0.15, 0.2) is 35.4 Å². The van der Waals surface area contributed by atoms with Crippen molar-refractivity contribution in [3.05, 3.63) is 41.7 Å². The van der Waals surface area contributed by atoms with Crippen LogP contribution in [0.1, 0.15) is 17.7 Å². The molecule has 0 radical (unpaired) electrons. The summed E-state index contributed by atoms with van der Waals surface area (Å²) in [6.45, 7) is 0. The van der Waals surface area contributed by atoms with Crippen LogP contribution in [0.25, 0.3) is 0 Å². The maximum Gasteiger partial charge on any atom is 0.227 e. The lowest BCUT2D eigenvalue weighted by molar-refractivity contribution is 0.583. The van der Waals surface area contributed by atoms with Gasteiger partial charge in [0.1, 0.15) is 4.90 Å². The summed E-state index contributed by atoms with van der Waals surface area (Å²) < 4.78 is 23.8. The maximum absolute atomic E-state index is 11.9. The number of nitrogens with zero attached hydrogens (tertiary/aromatic N) is 3. The number of sulfone groups is 1. The molecule has 0 unspecified atom stereocenters. The second kappa shape index (κ2) is 5.14. The van der Waals surface area contributed by atoms with Crippen molar-refractivity contribution in [2.24, 2.45) is 0 Å². The summed E-state index contributed by atoms with van der Waals surface area (Å²) in [6.07, 6.45) is 2.56. The molecule has 0 amide bonds. The van der Waals surface area contributed by atoms with Crippen molar-refractivity contribution < 1.29 is 8.42 Å². The quantitative estimate of drug-likeness (QED) is 0.908. The maximum atomic E-state index is 11.9. The summed E-state index contributed by atoms with van der Waals surface area (Å²) in [4.78, 5) is 8.56. The van der Waals surface area contributed by atoms with Gasteiger partial charge in [0.05, 0.1) is 29.3 Å². The third-order valence-corrected chi connectivity index (χ3v) is 5.08. The highest BCUT2D eigenvalue weighted by Crippen LogP contribution is 2.24. The number of nitrogens with one attached hydrogen (secondary N) is 1. The molecule has 0 fully saturated rings. The first-order chi connectivity index (χ1) is 10.1. The number of rotatable bonds is 2. The Hall–Kier alpha value is -2.46. The lowest BCUT2D eigenvalue weighted by Crippen LogP contribution is -2.18. The first-order valence-corrected chi connectivity index (χ1v) is 8.09. The summed E-state index contributed by atoms with van der Waals surface area (Å²) in [5.41, 5.74) is 1.77. The van der Waals surface area contributed by atoms with E-state index in [9.17, 15) is 8.42 Å². The van der Waals surface area contributed by atoms with Gasteiger partial charge >= 0.3 is 0 Å². The van der Waals surface area contributed by atoms with Crippen LogP contribution in [-0.2, 0) is 16.3 Å². The van der Waals surface area contributed by atoms with Gasteiger partial charge in [-0.15, -0.1) is 0 Å². The van der Waals surface area contributed by atoms with E-state index in [-0.39, 0.29) is 10.6 Å². The molecule has 1 aliphatic rings. The molecule has 0 aliphatic carbocycles. The van der Waals surface area contributed by atoms with Crippen LogP contribution in [0, 0.1) is 11.3 Å². The fourth-order valence-electron chi connectivity index (χ4n) is 2.24. The van der Waals surface area contributed by atoms with Crippen LogP contribution < -0.4 is 5.32 Å². The Morgan fingerprint density at radius 1 is 1.33 bits per heavy atom. The molecule has 2 aromatic rings. The summed E-state index contributed by atoms with van der Waals surface area (Å²) >= 11 is 0. The van der Waals surface area contributed by atoms with E-state index in [1.165, 1.54) is 6.20 Å². The molecule has 1 aromatic heterocycles. The Bertz CT molecular complexity index is 840. The van der Waals surface area contributed by atoms with Gasteiger partial charge in [-0.2, -0.15) is 5.26 Å². The Kier molecular flexibility index (Phi) is 3.31. The van der Waals surface area contributed by atoms with E-state index >= 15 is 0 Å². The lowest BCUT2D eigenvalue weighted by atomic mass is 10.2. The molecule has 1 N–H and O–H groups in total. The Morgan fingerprint density at radius 3 is 3.00 bits per heavy atom. The van der Waals surface area contributed by atoms with Crippen molar-refractivity contribution >= 4 is 21.5 Å². The molecule has 6 nitrogen and oxygen atoms in total. The molecule has 1 aliphatic heterocycles. The van der Waals surface area contributed by atoms with E-state index < -0.39 is 9.84 Å². The summed E-state index contributed by atoms with van der Waals surface area (Å²) in [5.74, 6) is 0.487. The zero-order chi connectivity index (χ0) is 14.9. The molecule has 0 saturated heterocycles. The van der Waals surface area contributed by atoms with E-state index in [1.807, 2.05) is 0 Å². The average molecular weight is 300 g/mol. The third-order valence-electron chi connectivity index (χ3n) is 3.24. The van der Waals surface area contributed by atoms with Crippen LogP contribution >= 0.6 is 0 Å². The van der Waals surface area contributed by atoms with E-state index in [0.29, 0.717) is 35.7 Å². The van der Waals surface area contributed by atoms with E-state index in [1.54, 1.807) is 24.3 Å². The molecule has 106 valence electrons. The molecule has 2 heterocycles. The van der Waals surface area contributed by atoms with Gasteiger partial charge in [0, 0.05) is 5.69 Å². The Labute approximate surface area is 122 Å². The second-order valence-corrected chi connectivity index (χ2v) is 6.82. The van der Waals surface area contributed by atoms with Crippen LogP contribution in [0.3, 0.4) is 0 Å². The zero-order valence-corrected chi connectivity index (χ0v) is 11.9. The highest BCUT2D eigenvalue weighted by Gasteiger charge is 2.25. The van der Waals surface area contributed by atoms with Gasteiger partial charge in [-0.05, 0) is 31.0 Å². The molecule has 7 heteroatoms. The van der Waals surface area contributed by atoms with Crippen LogP contribution in [0.4, 0.5) is 11.6 Å². The van der Waals surface area contributed by atoms with Crippen LogP contribution in [-0.4, -0.2) is 24.1 Å². The number of hydrogen-bond acceptors (Lipinski definition) is 6. The van der Waals surface area contributed by atoms with Gasteiger partial charge < -0.3 is 5.32 Å². The van der Waals surface area contributed by atoms with Crippen molar-refractivity contribution in [2.75, 3.05) is 11.1 Å². The predicted molar refractivity (Wildman–Crippen MR) is 76.8 cm³/mol. The van der Waals surface area contributed by atoms with Crippen molar-refractivity contribution in [1.29, 1.82) is 5.26 Å². The largest absolute Gasteiger partial charge is 0.324 e. The smallest absolute Gasteiger partial charge is 0.227 e. The van der Waals surface area contributed by atoms with Gasteiger partial charge in [-0.1, -0.05) is 6.07 Å². The average Bonchev–Trinajstić information content (AvgIpc) is 2.47. The van der Waals surface area contributed by atoms with Crippen molar-refractivity contribution in [3.8, 4) is 6.07 Å². The predicted octanol–water partition coefficient (Wildman–Crippen LogP) is 1.81. The van der Waals surface area contributed by atoms with Gasteiger partial charge in [0.25, 0.3) is 0 Å². The molecule has 21 heavy (non-hydrogen) atoms. The van der Waals surface area contributed by atoms with E-state index in [2.05, 4.69) is 21.4 Å². The molecule has 1 aromatic carbocycles. The first-order valence-electron chi connectivity index (χ1n) is 6.44.